The zero-order chi connectivity index (χ0) is 11.5. The Labute approximate surface area is 104 Å². The Hall–Kier alpha value is -1.21. The molecule has 0 aliphatic rings. The summed E-state index contributed by atoms with van der Waals surface area (Å²) in [7, 11) is 0. The van der Waals surface area contributed by atoms with Gasteiger partial charge < -0.3 is 10.1 Å². The van der Waals surface area contributed by atoms with Crippen LogP contribution in [0.1, 0.15) is 5.56 Å². The Morgan fingerprint density at radius 1 is 1.62 bits per heavy atom. The van der Waals surface area contributed by atoms with Crippen LogP contribution < -0.4 is 0 Å². The molecule has 7 heteroatoms. The molecule has 84 valence electrons. The SMILES string of the molecule is O=[N+]([O-])c1nn(CCc2ccsc2)cc1Br. The summed E-state index contributed by atoms with van der Waals surface area (Å²) in [6, 6.07) is 2.04. The van der Waals surface area contributed by atoms with Gasteiger partial charge in [-0.3, -0.25) is 0 Å². The van der Waals surface area contributed by atoms with E-state index in [1.165, 1.54) is 5.56 Å². The number of halogens is 1. The highest BCUT2D eigenvalue weighted by molar-refractivity contribution is 9.10. The molecule has 0 amide bonds. The Morgan fingerprint density at radius 3 is 3.00 bits per heavy atom. The zero-order valence-electron chi connectivity index (χ0n) is 8.17. The standard InChI is InChI=1S/C9H8BrN3O2S/c10-8-5-12(11-9(8)13(14)15)3-1-7-2-4-16-6-7/h2,4-6H,1,3H2. The fraction of sp³-hybridized carbons (Fsp3) is 0.222. The summed E-state index contributed by atoms with van der Waals surface area (Å²) in [5, 5.41) is 18.5. The minimum Gasteiger partial charge on any atom is -0.358 e. The predicted octanol–water partition coefficient (Wildman–Crippen LogP) is 2.86. The second kappa shape index (κ2) is 4.75. The number of aromatic nitrogens is 2. The summed E-state index contributed by atoms with van der Waals surface area (Å²) in [6.45, 7) is 0.642. The highest BCUT2D eigenvalue weighted by Gasteiger charge is 2.18. The van der Waals surface area contributed by atoms with E-state index in [-0.39, 0.29) is 5.82 Å². The van der Waals surface area contributed by atoms with Crippen LogP contribution in [0.15, 0.2) is 27.5 Å². The molecular formula is C9H8BrN3O2S. The second-order valence-electron chi connectivity index (χ2n) is 3.20. The number of rotatable bonds is 4. The summed E-state index contributed by atoms with van der Waals surface area (Å²) in [6.07, 6.45) is 2.46. The summed E-state index contributed by atoms with van der Waals surface area (Å²) in [4.78, 5) is 10.1. The van der Waals surface area contributed by atoms with Crippen molar-refractivity contribution in [2.75, 3.05) is 0 Å². The molecule has 16 heavy (non-hydrogen) atoms. The third-order valence-electron chi connectivity index (χ3n) is 2.08. The minimum atomic E-state index is -0.495. The average Bonchev–Trinajstić information content (AvgIpc) is 2.83. The first-order valence-electron chi connectivity index (χ1n) is 4.55. The molecule has 0 unspecified atom stereocenters. The summed E-state index contributed by atoms with van der Waals surface area (Å²) in [5.41, 5.74) is 1.22. The van der Waals surface area contributed by atoms with E-state index in [2.05, 4.69) is 26.4 Å². The molecule has 0 atom stereocenters. The van der Waals surface area contributed by atoms with Gasteiger partial charge in [-0.1, -0.05) is 0 Å². The van der Waals surface area contributed by atoms with E-state index in [1.807, 2.05) is 11.4 Å². The van der Waals surface area contributed by atoms with E-state index in [1.54, 1.807) is 22.2 Å². The molecule has 0 N–H and O–H groups in total. The molecule has 0 saturated heterocycles. The molecule has 0 spiro atoms. The zero-order valence-corrected chi connectivity index (χ0v) is 10.6. The van der Waals surface area contributed by atoms with Crippen LogP contribution in [0.3, 0.4) is 0 Å². The van der Waals surface area contributed by atoms with Gasteiger partial charge in [-0.15, -0.1) is 0 Å². The molecular weight excluding hydrogens is 294 g/mol. The van der Waals surface area contributed by atoms with E-state index >= 15 is 0 Å². The van der Waals surface area contributed by atoms with Crippen molar-refractivity contribution in [1.29, 1.82) is 0 Å². The molecule has 0 bridgehead atoms. The van der Waals surface area contributed by atoms with Crippen LogP contribution in [0.2, 0.25) is 0 Å². The fourth-order valence-electron chi connectivity index (χ4n) is 1.30. The summed E-state index contributed by atoms with van der Waals surface area (Å²) < 4.78 is 2.00. The molecule has 0 radical (unpaired) electrons. The van der Waals surface area contributed by atoms with Crippen molar-refractivity contribution >= 4 is 33.1 Å². The third-order valence-corrected chi connectivity index (χ3v) is 3.37. The largest absolute Gasteiger partial charge is 0.404 e. The molecule has 0 fully saturated rings. The maximum atomic E-state index is 10.6. The predicted molar refractivity (Wildman–Crippen MR) is 64.6 cm³/mol. The van der Waals surface area contributed by atoms with E-state index in [0.717, 1.165) is 6.42 Å². The number of hydrogen-bond donors (Lipinski definition) is 0. The fourth-order valence-corrected chi connectivity index (χ4v) is 2.47. The Balaban J connectivity index is 2.05. The van der Waals surface area contributed by atoms with Gasteiger partial charge in [-0.05, 0) is 49.7 Å². The maximum absolute atomic E-state index is 10.6. The number of hydrogen-bond acceptors (Lipinski definition) is 4. The van der Waals surface area contributed by atoms with Gasteiger partial charge in [0.1, 0.15) is 4.47 Å². The number of thiophene rings is 1. The molecule has 0 aliphatic carbocycles. The van der Waals surface area contributed by atoms with E-state index in [0.29, 0.717) is 11.0 Å². The molecule has 2 rings (SSSR count). The normalized spacial score (nSPS) is 10.6. The third kappa shape index (κ3) is 2.48. The van der Waals surface area contributed by atoms with Crippen molar-refractivity contribution in [3.05, 3.63) is 43.2 Å². The first-order chi connectivity index (χ1) is 7.66. The molecule has 0 aromatic carbocycles. The van der Waals surface area contributed by atoms with Gasteiger partial charge in [0.25, 0.3) is 0 Å². The Bertz CT molecular complexity index is 495. The van der Waals surface area contributed by atoms with Crippen LogP contribution in [0.5, 0.6) is 0 Å². The highest BCUT2D eigenvalue weighted by atomic mass is 79.9. The lowest BCUT2D eigenvalue weighted by atomic mass is 10.2. The van der Waals surface area contributed by atoms with E-state index in [4.69, 9.17) is 0 Å². The first kappa shape index (κ1) is 11.3. The van der Waals surface area contributed by atoms with Crippen LogP contribution in [-0.2, 0) is 13.0 Å². The van der Waals surface area contributed by atoms with Crippen LogP contribution in [0, 0.1) is 10.1 Å². The van der Waals surface area contributed by atoms with Crippen molar-refractivity contribution < 1.29 is 4.92 Å². The van der Waals surface area contributed by atoms with Gasteiger partial charge in [0.2, 0.25) is 0 Å². The van der Waals surface area contributed by atoms with Gasteiger partial charge in [0.15, 0.2) is 0 Å². The Kier molecular flexibility index (Phi) is 3.35. The van der Waals surface area contributed by atoms with Crippen molar-refractivity contribution in [3.63, 3.8) is 0 Å². The lowest BCUT2D eigenvalue weighted by Crippen LogP contribution is -2.02. The van der Waals surface area contributed by atoms with Crippen molar-refractivity contribution in [2.24, 2.45) is 0 Å². The van der Waals surface area contributed by atoms with Crippen molar-refractivity contribution in [1.82, 2.24) is 9.78 Å². The Morgan fingerprint density at radius 2 is 2.44 bits per heavy atom. The van der Waals surface area contributed by atoms with Crippen LogP contribution in [-0.4, -0.2) is 14.7 Å². The number of aryl methyl sites for hydroxylation is 2. The molecule has 0 aliphatic heterocycles. The van der Waals surface area contributed by atoms with Crippen molar-refractivity contribution in [3.8, 4) is 0 Å². The van der Waals surface area contributed by atoms with Gasteiger partial charge in [0, 0.05) is 0 Å². The average molecular weight is 302 g/mol. The van der Waals surface area contributed by atoms with Crippen LogP contribution >= 0.6 is 27.3 Å². The topological polar surface area (TPSA) is 61.0 Å². The van der Waals surface area contributed by atoms with Gasteiger partial charge in [-0.2, -0.15) is 16.0 Å². The molecule has 0 saturated carbocycles. The van der Waals surface area contributed by atoms with Crippen LogP contribution in [0.4, 0.5) is 5.82 Å². The molecule has 2 heterocycles. The monoisotopic (exact) mass is 301 g/mol. The lowest BCUT2D eigenvalue weighted by molar-refractivity contribution is -0.390. The van der Waals surface area contributed by atoms with Gasteiger partial charge >= 0.3 is 5.82 Å². The van der Waals surface area contributed by atoms with Gasteiger partial charge in [-0.25, -0.2) is 0 Å². The summed E-state index contributed by atoms with van der Waals surface area (Å²) in [5.74, 6) is -0.134. The molecule has 2 aromatic heterocycles. The summed E-state index contributed by atoms with van der Waals surface area (Å²) >= 11 is 4.75. The quantitative estimate of drug-likeness (QED) is 0.644. The smallest absolute Gasteiger partial charge is 0.358 e. The minimum absolute atomic E-state index is 0.134. The lowest BCUT2D eigenvalue weighted by Gasteiger charge is -1.94. The highest BCUT2D eigenvalue weighted by Crippen LogP contribution is 2.22. The van der Waals surface area contributed by atoms with Crippen LogP contribution in [0.25, 0.3) is 0 Å². The first-order valence-corrected chi connectivity index (χ1v) is 6.29. The second-order valence-corrected chi connectivity index (χ2v) is 4.84. The molecule has 2 aromatic rings. The maximum Gasteiger partial charge on any atom is 0.404 e. The number of nitrogens with zero attached hydrogens (tertiary/aromatic N) is 3. The van der Waals surface area contributed by atoms with E-state index < -0.39 is 4.92 Å². The van der Waals surface area contributed by atoms with Crippen molar-refractivity contribution in [2.45, 2.75) is 13.0 Å². The van der Waals surface area contributed by atoms with Gasteiger partial charge in [0.05, 0.1) is 17.8 Å². The number of nitro groups is 1. The van der Waals surface area contributed by atoms with E-state index in [9.17, 15) is 10.1 Å². The molecule has 5 nitrogen and oxygen atoms in total.